The smallest absolute Gasteiger partial charge is 0.184 e. The maximum absolute atomic E-state index is 13.8. The second kappa shape index (κ2) is 12.3. The second-order valence-corrected chi connectivity index (χ2v) is 14.7. The Hall–Kier alpha value is -4.25. The molecule has 236 valence electrons. The third-order valence-corrected chi connectivity index (χ3v) is 8.48. The quantitative estimate of drug-likeness (QED) is 0.325. The van der Waals surface area contributed by atoms with E-state index in [0.717, 1.165) is 87.1 Å². The van der Waals surface area contributed by atoms with Gasteiger partial charge in [0.1, 0.15) is 23.0 Å². The monoisotopic (exact) mass is 604 g/mol. The van der Waals surface area contributed by atoms with Gasteiger partial charge >= 0.3 is 0 Å². The molecule has 0 aromatic heterocycles. The number of hydrogen-bond acceptors (Lipinski definition) is 5. The van der Waals surface area contributed by atoms with Crippen molar-refractivity contribution in [3.8, 4) is 11.5 Å². The maximum Gasteiger partial charge on any atom is 0.184 e. The van der Waals surface area contributed by atoms with Crippen LogP contribution in [0.1, 0.15) is 71.9 Å². The van der Waals surface area contributed by atoms with E-state index in [2.05, 4.69) is 112 Å². The zero-order valence-electron chi connectivity index (χ0n) is 28.7. The Kier molecular flexibility index (Phi) is 8.77. The number of anilines is 2. The first-order valence-corrected chi connectivity index (χ1v) is 15.9. The molecule has 0 bridgehead atoms. The van der Waals surface area contributed by atoms with Gasteiger partial charge in [0, 0.05) is 73.7 Å². The summed E-state index contributed by atoms with van der Waals surface area (Å²) in [5.74, 6) is 3.64. The highest BCUT2D eigenvalue weighted by Crippen LogP contribution is 2.43. The molecule has 5 nitrogen and oxygen atoms in total. The summed E-state index contributed by atoms with van der Waals surface area (Å²) in [5.41, 5.74) is 7.73. The molecule has 0 N–H and O–H groups in total. The van der Waals surface area contributed by atoms with Gasteiger partial charge < -0.3 is 19.3 Å². The average Bonchev–Trinajstić information content (AvgIpc) is 2.97. The first-order valence-electron chi connectivity index (χ1n) is 15.9. The Morgan fingerprint density at radius 1 is 0.622 bits per heavy atom. The van der Waals surface area contributed by atoms with Gasteiger partial charge in [-0.05, 0) is 78.0 Å². The topological polar surface area (TPSA) is 42.0 Å². The summed E-state index contributed by atoms with van der Waals surface area (Å²) >= 11 is 0. The third kappa shape index (κ3) is 7.03. The predicted molar refractivity (Wildman–Crippen MR) is 189 cm³/mol. The van der Waals surface area contributed by atoms with Gasteiger partial charge in [0.25, 0.3) is 0 Å². The molecular formula is C40H48N2O3. The number of nitrogens with zero attached hydrogens (tertiary/aromatic N) is 2. The van der Waals surface area contributed by atoms with Crippen LogP contribution in [-0.2, 0) is 4.79 Å². The van der Waals surface area contributed by atoms with Crippen molar-refractivity contribution in [2.75, 3.05) is 38.0 Å². The molecule has 2 aromatic rings. The van der Waals surface area contributed by atoms with E-state index in [9.17, 15) is 4.79 Å². The van der Waals surface area contributed by atoms with Crippen LogP contribution in [0.4, 0.5) is 11.4 Å². The molecule has 0 unspecified atom stereocenters. The number of hydrogen-bond donors (Lipinski definition) is 0. The minimum Gasteiger partial charge on any atom is -0.460 e. The predicted octanol–water partition coefficient (Wildman–Crippen LogP) is 9.54. The maximum atomic E-state index is 13.8. The molecule has 0 saturated heterocycles. The summed E-state index contributed by atoms with van der Waals surface area (Å²) in [6.45, 7) is 12.9. The lowest BCUT2D eigenvalue weighted by Gasteiger charge is -2.29. The van der Waals surface area contributed by atoms with Gasteiger partial charge in [-0.2, -0.15) is 0 Å². The molecule has 1 fully saturated rings. The van der Waals surface area contributed by atoms with Crippen LogP contribution in [0.3, 0.4) is 0 Å². The van der Waals surface area contributed by atoms with E-state index >= 15 is 0 Å². The zero-order valence-corrected chi connectivity index (χ0v) is 28.7. The lowest BCUT2D eigenvalue weighted by atomic mass is 9.86. The molecule has 5 heteroatoms. The molecule has 1 aliphatic carbocycles. The van der Waals surface area contributed by atoms with Crippen LogP contribution < -0.4 is 19.3 Å². The highest BCUT2D eigenvalue weighted by atomic mass is 16.5. The normalized spacial score (nSPS) is 20.4. The van der Waals surface area contributed by atoms with Crippen molar-refractivity contribution in [2.45, 2.75) is 60.8 Å². The molecule has 0 spiro atoms. The molecule has 0 atom stereocenters. The summed E-state index contributed by atoms with van der Waals surface area (Å²) in [4.78, 5) is 17.9. The summed E-state index contributed by atoms with van der Waals surface area (Å²) in [5, 5.41) is 0. The number of ether oxygens (including phenoxy) is 2. The Morgan fingerprint density at radius 3 is 1.38 bits per heavy atom. The van der Waals surface area contributed by atoms with E-state index < -0.39 is 0 Å². The number of rotatable bonds is 4. The van der Waals surface area contributed by atoms with Crippen molar-refractivity contribution < 1.29 is 14.3 Å². The molecule has 3 aliphatic rings. The highest BCUT2D eigenvalue weighted by Gasteiger charge is 2.28. The number of allylic oxidation sites excluding steroid dienone is 12. The standard InChI is InChI=1S/C40H48N2O3/c1-39(2,3)36-22-28(32-20-18-30(41(7)8)24-34(32)44-36)16-14-26-12-11-13-27(38(26)43)15-17-29-23-37(40(4,5)6)45-35-25-31(42(9)10)19-21-33(29)35/h14-25H,11-13H2,1-10H3. The number of carbonyl (C=O) groups excluding carboxylic acids is 1. The van der Waals surface area contributed by atoms with Gasteiger partial charge in [-0.1, -0.05) is 65.8 Å². The molecule has 2 aromatic carbocycles. The molecule has 2 heterocycles. The average molecular weight is 605 g/mol. The van der Waals surface area contributed by atoms with E-state index in [-0.39, 0.29) is 16.6 Å². The summed E-state index contributed by atoms with van der Waals surface area (Å²) < 4.78 is 12.8. The molecule has 0 radical (unpaired) electrons. The van der Waals surface area contributed by atoms with Crippen molar-refractivity contribution in [3.05, 3.63) is 107 Å². The lowest BCUT2D eigenvalue weighted by molar-refractivity contribution is -0.113. The highest BCUT2D eigenvalue weighted by molar-refractivity contribution is 6.09. The summed E-state index contributed by atoms with van der Waals surface area (Å²) in [6.07, 6.45) is 14.9. The first-order chi connectivity index (χ1) is 21.1. The minimum atomic E-state index is -0.153. The van der Waals surface area contributed by atoms with Crippen molar-refractivity contribution >= 4 is 28.3 Å². The fourth-order valence-corrected chi connectivity index (χ4v) is 5.57. The number of Topliss-reactive ketones (excluding diaryl/α,β-unsaturated/α-hetero) is 1. The number of carbonyl (C=O) groups is 1. The summed E-state index contributed by atoms with van der Waals surface area (Å²) in [7, 11) is 8.12. The van der Waals surface area contributed by atoms with Gasteiger partial charge in [-0.25, -0.2) is 0 Å². The molecular weight excluding hydrogens is 556 g/mol. The van der Waals surface area contributed by atoms with E-state index in [1.165, 1.54) is 0 Å². The van der Waals surface area contributed by atoms with E-state index in [1.807, 2.05) is 40.3 Å². The molecule has 0 amide bonds. The van der Waals surface area contributed by atoms with Gasteiger partial charge in [0.15, 0.2) is 5.78 Å². The van der Waals surface area contributed by atoms with Crippen LogP contribution in [0.5, 0.6) is 11.5 Å². The number of fused-ring (bicyclic) bond motifs is 2. The van der Waals surface area contributed by atoms with Crippen LogP contribution in [0.2, 0.25) is 0 Å². The van der Waals surface area contributed by atoms with E-state index in [4.69, 9.17) is 9.47 Å². The van der Waals surface area contributed by atoms with Gasteiger partial charge in [-0.15, -0.1) is 0 Å². The Labute approximate surface area is 269 Å². The lowest BCUT2D eigenvalue weighted by Crippen LogP contribution is -2.19. The Balaban J connectivity index is 1.49. The number of ketones is 1. The van der Waals surface area contributed by atoms with Crippen LogP contribution in [0, 0.1) is 10.8 Å². The van der Waals surface area contributed by atoms with E-state index in [1.54, 1.807) is 0 Å². The Morgan fingerprint density at radius 2 is 1.02 bits per heavy atom. The first kappa shape index (κ1) is 32.2. The largest absolute Gasteiger partial charge is 0.460 e. The van der Waals surface area contributed by atoms with Crippen LogP contribution >= 0.6 is 0 Å². The van der Waals surface area contributed by atoms with Crippen LogP contribution in [-0.4, -0.2) is 34.0 Å². The van der Waals surface area contributed by atoms with Crippen LogP contribution in [0.25, 0.3) is 11.1 Å². The Bertz CT molecular complexity index is 1570. The fraction of sp³-hybridized carbons (Fsp3) is 0.375. The van der Waals surface area contributed by atoms with Crippen molar-refractivity contribution in [2.24, 2.45) is 10.8 Å². The minimum absolute atomic E-state index is 0.125. The SMILES string of the molecule is CN(C)c1ccc2c(c1)OC(C(C)(C)C)=CC2=CC=C1CCCC(=CC=C2C=C(C(C)(C)C)Oc3cc(N(C)C)ccc32)C1=O. The third-order valence-electron chi connectivity index (χ3n) is 8.48. The van der Waals surface area contributed by atoms with Gasteiger partial charge in [-0.3, -0.25) is 4.79 Å². The molecule has 45 heavy (non-hydrogen) atoms. The zero-order chi connectivity index (χ0) is 32.7. The van der Waals surface area contributed by atoms with E-state index in [0.29, 0.717) is 0 Å². The molecule has 5 rings (SSSR count). The van der Waals surface area contributed by atoms with Gasteiger partial charge in [0.05, 0.1) is 0 Å². The van der Waals surface area contributed by atoms with Crippen molar-refractivity contribution in [1.29, 1.82) is 0 Å². The molecule has 2 aliphatic heterocycles. The van der Waals surface area contributed by atoms with Crippen molar-refractivity contribution in [1.82, 2.24) is 0 Å². The fourth-order valence-electron chi connectivity index (χ4n) is 5.57. The van der Waals surface area contributed by atoms with Crippen LogP contribution in [0.15, 0.2) is 95.5 Å². The summed E-state index contributed by atoms with van der Waals surface area (Å²) in [6, 6.07) is 12.6. The van der Waals surface area contributed by atoms with Gasteiger partial charge in [0.2, 0.25) is 0 Å². The second-order valence-electron chi connectivity index (χ2n) is 14.7. The molecule has 1 saturated carbocycles. The number of benzene rings is 2. The van der Waals surface area contributed by atoms with Crippen molar-refractivity contribution in [3.63, 3.8) is 0 Å².